The van der Waals surface area contributed by atoms with Crippen molar-refractivity contribution in [2.24, 2.45) is 0 Å². The smallest absolute Gasteiger partial charge is 0.252 e. The predicted octanol–water partition coefficient (Wildman–Crippen LogP) is 3.35. The minimum atomic E-state index is -1.73. The zero-order valence-corrected chi connectivity index (χ0v) is 10.4. The molecule has 0 aliphatic carbocycles. The summed E-state index contributed by atoms with van der Waals surface area (Å²) in [5, 5.41) is 2.37. The molecule has 1 atom stereocenters. The van der Waals surface area contributed by atoms with E-state index < -0.39 is 9.29 Å². The SMILES string of the molecule is O=C(N[C@@H](Cl)C(Cl)(Cl)Cl)c1ccccc1. The van der Waals surface area contributed by atoms with Gasteiger partial charge in [-0.25, -0.2) is 0 Å². The van der Waals surface area contributed by atoms with Crippen molar-refractivity contribution in [1.29, 1.82) is 0 Å². The third-order valence-corrected chi connectivity index (χ3v) is 3.01. The molecule has 6 heteroatoms. The van der Waals surface area contributed by atoms with Gasteiger partial charge in [0.2, 0.25) is 3.79 Å². The highest BCUT2D eigenvalue weighted by Gasteiger charge is 2.32. The summed E-state index contributed by atoms with van der Waals surface area (Å²) in [6.07, 6.45) is 0. The largest absolute Gasteiger partial charge is 0.332 e. The molecule has 1 amide bonds. The second kappa shape index (κ2) is 5.26. The van der Waals surface area contributed by atoms with E-state index in [2.05, 4.69) is 5.32 Å². The molecule has 1 aromatic carbocycles. The Morgan fingerprint density at radius 3 is 2.20 bits per heavy atom. The van der Waals surface area contributed by atoms with E-state index in [1.807, 2.05) is 0 Å². The Balaban J connectivity index is 2.65. The molecule has 82 valence electrons. The van der Waals surface area contributed by atoms with Crippen LogP contribution < -0.4 is 5.32 Å². The van der Waals surface area contributed by atoms with Crippen LogP contribution in [0.25, 0.3) is 0 Å². The molecule has 0 spiro atoms. The molecular weight excluding hydrogens is 280 g/mol. The van der Waals surface area contributed by atoms with Gasteiger partial charge in [-0.3, -0.25) is 4.79 Å². The van der Waals surface area contributed by atoms with E-state index in [-0.39, 0.29) is 5.91 Å². The third-order valence-electron chi connectivity index (χ3n) is 1.58. The number of alkyl halides is 4. The van der Waals surface area contributed by atoms with E-state index in [9.17, 15) is 4.79 Å². The summed E-state index contributed by atoms with van der Waals surface area (Å²) < 4.78 is -1.73. The normalized spacial score (nSPS) is 13.3. The Bertz CT molecular complexity index is 336. The van der Waals surface area contributed by atoms with Crippen LogP contribution >= 0.6 is 46.4 Å². The van der Waals surface area contributed by atoms with Gasteiger partial charge in [-0.2, -0.15) is 0 Å². The Morgan fingerprint density at radius 1 is 1.20 bits per heavy atom. The molecule has 0 bridgehead atoms. The third kappa shape index (κ3) is 4.07. The van der Waals surface area contributed by atoms with Crippen LogP contribution in [0.1, 0.15) is 10.4 Å². The first-order valence-corrected chi connectivity index (χ1v) is 5.55. The summed E-state index contributed by atoms with van der Waals surface area (Å²) in [5.74, 6) is -0.387. The zero-order valence-electron chi connectivity index (χ0n) is 7.38. The number of halogens is 4. The molecule has 0 heterocycles. The van der Waals surface area contributed by atoms with Crippen LogP contribution in [0.3, 0.4) is 0 Å². The van der Waals surface area contributed by atoms with Crippen LogP contribution in [0, 0.1) is 0 Å². The first-order chi connectivity index (χ1) is 6.91. The molecule has 15 heavy (non-hydrogen) atoms. The molecule has 0 aliphatic rings. The van der Waals surface area contributed by atoms with Gasteiger partial charge in [0.25, 0.3) is 5.91 Å². The van der Waals surface area contributed by atoms with Crippen molar-refractivity contribution in [3.8, 4) is 0 Å². The van der Waals surface area contributed by atoms with Gasteiger partial charge in [0.15, 0.2) is 5.50 Å². The average Bonchev–Trinajstić information content (AvgIpc) is 2.17. The number of carbonyl (C=O) groups is 1. The number of benzene rings is 1. The van der Waals surface area contributed by atoms with Gasteiger partial charge < -0.3 is 5.32 Å². The summed E-state index contributed by atoms with van der Waals surface area (Å²) in [6, 6.07) is 8.53. The van der Waals surface area contributed by atoms with E-state index in [0.29, 0.717) is 5.56 Å². The molecule has 0 unspecified atom stereocenters. The Labute approximate surface area is 107 Å². The Kier molecular flexibility index (Phi) is 4.53. The highest BCUT2D eigenvalue weighted by atomic mass is 35.6. The maximum Gasteiger partial charge on any atom is 0.252 e. The second-order valence-electron chi connectivity index (χ2n) is 2.74. The minimum absolute atomic E-state index is 0.387. The van der Waals surface area contributed by atoms with E-state index >= 15 is 0 Å². The van der Waals surface area contributed by atoms with Crippen LogP contribution in [0.2, 0.25) is 0 Å². The van der Waals surface area contributed by atoms with Gasteiger partial charge >= 0.3 is 0 Å². The molecule has 1 rings (SSSR count). The maximum absolute atomic E-state index is 11.5. The fraction of sp³-hybridized carbons (Fsp3) is 0.222. The molecule has 2 nitrogen and oxygen atoms in total. The van der Waals surface area contributed by atoms with Crippen molar-refractivity contribution in [3.63, 3.8) is 0 Å². The molecule has 0 radical (unpaired) electrons. The van der Waals surface area contributed by atoms with Crippen LogP contribution in [0.15, 0.2) is 30.3 Å². The van der Waals surface area contributed by atoms with Crippen LogP contribution in [0.4, 0.5) is 0 Å². The predicted molar refractivity (Wildman–Crippen MR) is 63.8 cm³/mol. The Morgan fingerprint density at radius 2 is 1.73 bits per heavy atom. The zero-order chi connectivity index (χ0) is 11.5. The van der Waals surface area contributed by atoms with Gasteiger partial charge in [-0.1, -0.05) is 64.6 Å². The molecule has 0 aliphatic heterocycles. The fourth-order valence-electron chi connectivity index (χ4n) is 0.870. The van der Waals surface area contributed by atoms with Gasteiger partial charge in [0.05, 0.1) is 0 Å². The molecule has 0 saturated heterocycles. The van der Waals surface area contributed by atoms with Gasteiger partial charge in [-0.15, -0.1) is 0 Å². The number of hydrogen-bond donors (Lipinski definition) is 1. The van der Waals surface area contributed by atoms with Crippen molar-refractivity contribution in [2.75, 3.05) is 0 Å². The van der Waals surface area contributed by atoms with Gasteiger partial charge in [-0.05, 0) is 12.1 Å². The lowest BCUT2D eigenvalue weighted by atomic mass is 10.2. The summed E-state index contributed by atoms with van der Waals surface area (Å²) >= 11 is 22.2. The van der Waals surface area contributed by atoms with E-state index in [1.54, 1.807) is 30.3 Å². The van der Waals surface area contributed by atoms with Gasteiger partial charge in [0, 0.05) is 5.56 Å². The van der Waals surface area contributed by atoms with Crippen molar-refractivity contribution in [2.45, 2.75) is 9.29 Å². The molecule has 1 N–H and O–H groups in total. The van der Waals surface area contributed by atoms with Crippen molar-refractivity contribution in [3.05, 3.63) is 35.9 Å². The summed E-state index contributed by atoms with van der Waals surface area (Å²) in [6.45, 7) is 0. The van der Waals surface area contributed by atoms with Crippen molar-refractivity contribution >= 4 is 52.3 Å². The van der Waals surface area contributed by atoms with Crippen LogP contribution in [-0.2, 0) is 0 Å². The van der Waals surface area contributed by atoms with E-state index in [0.717, 1.165) is 0 Å². The Hall–Kier alpha value is -0.150. The summed E-state index contributed by atoms with van der Waals surface area (Å²) in [7, 11) is 0. The van der Waals surface area contributed by atoms with E-state index in [1.165, 1.54) is 0 Å². The number of nitrogens with one attached hydrogen (secondary N) is 1. The number of carbonyl (C=O) groups excluding carboxylic acids is 1. The fourth-order valence-corrected chi connectivity index (χ4v) is 1.13. The molecule has 0 fully saturated rings. The number of amides is 1. The average molecular weight is 287 g/mol. The lowest BCUT2D eigenvalue weighted by Gasteiger charge is -2.19. The quantitative estimate of drug-likeness (QED) is 0.656. The number of rotatable bonds is 2. The number of hydrogen-bond acceptors (Lipinski definition) is 1. The molecule has 1 aromatic rings. The first-order valence-electron chi connectivity index (χ1n) is 3.98. The van der Waals surface area contributed by atoms with Crippen molar-refractivity contribution < 1.29 is 4.79 Å². The summed E-state index contributed by atoms with van der Waals surface area (Å²) in [5.41, 5.74) is -0.618. The topological polar surface area (TPSA) is 29.1 Å². The molecule has 0 aromatic heterocycles. The maximum atomic E-state index is 11.5. The lowest BCUT2D eigenvalue weighted by Crippen LogP contribution is -2.39. The van der Waals surface area contributed by atoms with Crippen LogP contribution in [-0.4, -0.2) is 15.2 Å². The standard InChI is InChI=1S/C9H7Cl4NO/c10-8(9(11,12)13)14-7(15)6-4-2-1-3-5-6/h1-5,8H,(H,14,15)/t8-/m1/s1. The van der Waals surface area contributed by atoms with Gasteiger partial charge in [0.1, 0.15) is 0 Å². The van der Waals surface area contributed by atoms with Crippen molar-refractivity contribution in [1.82, 2.24) is 5.32 Å². The monoisotopic (exact) mass is 285 g/mol. The minimum Gasteiger partial charge on any atom is -0.332 e. The highest BCUT2D eigenvalue weighted by Crippen LogP contribution is 2.32. The molecular formula is C9H7Cl4NO. The van der Waals surface area contributed by atoms with Crippen LogP contribution in [0.5, 0.6) is 0 Å². The lowest BCUT2D eigenvalue weighted by molar-refractivity contribution is 0.0949. The highest BCUT2D eigenvalue weighted by molar-refractivity contribution is 6.70. The molecule has 0 saturated carbocycles. The summed E-state index contributed by atoms with van der Waals surface area (Å²) in [4.78, 5) is 11.5. The second-order valence-corrected chi connectivity index (χ2v) is 5.55. The first kappa shape index (κ1) is 12.9. The van der Waals surface area contributed by atoms with E-state index in [4.69, 9.17) is 46.4 Å².